The average Bonchev–Trinajstić information content (AvgIpc) is 3.29. The second-order valence-electron chi connectivity index (χ2n) is 7.60. The normalized spacial score (nSPS) is 15.4. The Morgan fingerprint density at radius 1 is 1.18 bits per heavy atom. The average molecular weight is 486 g/mol. The summed E-state index contributed by atoms with van der Waals surface area (Å²) in [5.74, 6) is -2.31. The van der Waals surface area contributed by atoms with Gasteiger partial charge < -0.3 is 19.7 Å². The lowest BCUT2D eigenvalue weighted by Gasteiger charge is -2.19. The van der Waals surface area contributed by atoms with Gasteiger partial charge in [-0.1, -0.05) is 23.4 Å². The molecule has 0 fully saturated rings. The number of sulfonamides is 1. The minimum Gasteiger partial charge on any atom is -0.496 e. The molecule has 3 aromatic rings. The van der Waals surface area contributed by atoms with Gasteiger partial charge in [0.2, 0.25) is 0 Å². The van der Waals surface area contributed by atoms with Crippen LogP contribution in [-0.4, -0.2) is 39.1 Å². The number of nitrogens with two attached hydrogens (primary N) is 1. The van der Waals surface area contributed by atoms with Crippen molar-refractivity contribution < 1.29 is 32.0 Å². The maximum Gasteiger partial charge on any atom is 0.276 e. The van der Waals surface area contributed by atoms with Crippen molar-refractivity contribution in [3.8, 4) is 11.5 Å². The van der Waals surface area contributed by atoms with Gasteiger partial charge in [-0.2, -0.15) is 0 Å². The monoisotopic (exact) mass is 485 g/mol. The molecular weight excluding hydrogens is 462 g/mol. The lowest BCUT2D eigenvalue weighted by Crippen LogP contribution is -2.36. The Morgan fingerprint density at radius 3 is 2.47 bits per heavy atom. The SMILES string of the molecule is CCOc1ccccc1C1C(=O)N(S(=O)(=O)c2c(C)noc2C)c2ccc(OC)c(C(N)=O)c21. The Kier molecular flexibility index (Phi) is 5.82. The number of anilines is 1. The number of para-hydroxylation sites is 1. The van der Waals surface area contributed by atoms with Crippen molar-refractivity contribution in [1.29, 1.82) is 0 Å². The Balaban J connectivity index is 2.07. The molecule has 1 aliphatic rings. The van der Waals surface area contributed by atoms with Crippen LogP contribution >= 0.6 is 0 Å². The molecule has 0 aliphatic carbocycles. The first-order valence-corrected chi connectivity index (χ1v) is 11.8. The fourth-order valence-electron chi connectivity index (χ4n) is 4.32. The Bertz CT molecular complexity index is 1390. The molecule has 0 bridgehead atoms. The molecule has 0 saturated heterocycles. The zero-order valence-corrected chi connectivity index (χ0v) is 19.8. The number of benzene rings is 2. The van der Waals surface area contributed by atoms with E-state index in [1.165, 1.54) is 33.1 Å². The highest BCUT2D eigenvalue weighted by Crippen LogP contribution is 2.49. The van der Waals surface area contributed by atoms with Crippen LogP contribution in [0.15, 0.2) is 45.8 Å². The Labute approximate surface area is 196 Å². The molecule has 0 radical (unpaired) electrons. The lowest BCUT2D eigenvalue weighted by molar-refractivity contribution is -0.117. The van der Waals surface area contributed by atoms with Crippen molar-refractivity contribution in [2.45, 2.75) is 31.6 Å². The van der Waals surface area contributed by atoms with Gasteiger partial charge in [0.25, 0.3) is 21.8 Å². The number of primary amides is 1. The molecule has 2 heterocycles. The molecule has 2 aromatic carbocycles. The van der Waals surface area contributed by atoms with Crippen LogP contribution in [0.1, 0.15) is 45.8 Å². The third-order valence-electron chi connectivity index (χ3n) is 5.60. The van der Waals surface area contributed by atoms with Crippen LogP contribution in [0.4, 0.5) is 5.69 Å². The highest BCUT2D eigenvalue weighted by molar-refractivity contribution is 7.93. The second-order valence-corrected chi connectivity index (χ2v) is 9.33. The molecule has 4 rings (SSSR count). The Hall–Kier alpha value is -3.86. The number of aromatic nitrogens is 1. The summed E-state index contributed by atoms with van der Waals surface area (Å²) in [7, 11) is -3.10. The summed E-state index contributed by atoms with van der Waals surface area (Å²) < 4.78 is 44.3. The zero-order chi connectivity index (χ0) is 24.8. The van der Waals surface area contributed by atoms with E-state index in [9.17, 15) is 18.0 Å². The topological polar surface area (TPSA) is 142 Å². The van der Waals surface area contributed by atoms with Crippen LogP contribution in [0.5, 0.6) is 11.5 Å². The first kappa shape index (κ1) is 23.3. The summed E-state index contributed by atoms with van der Waals surface area (Å²) in [5, 5.41) is 3.72. The standard InChI is InChI=1S/C23H23N3O7S/c1-5-32-16-9-7-6-8-14(16)18-19-15(10-11-17(31-4)20(19)22(24)27)26(23(18)28)34(29,30)21-12(2)25-33-13(21)3/h6-11,18H,5H2,1-4H3,(H2,24,27). The first-order chi connectivity index (χ1) is 16.1. The van der Waals surface area contributed by atoms with Gasteiger partial charge in [0, 0.05) is 11.1 Å². The minimum absolute atomic E-state index is 0.00379. The number of carbonyl (C=O) groups excluding carboxylic acids is 2. The van der Waals surface area contributed by atoms with Gasteiger partial charge in [0.15, 0.2) is 10.7 Å². The zero-order valence-electron chi connectivity index (χ0n) is 19.0. The van der Waals surface area contributed by atoms with Crippen molar-refractivity contribution in [2.24, 2.45) is 5.73 Å². The number of methoxy groups -OCH3 is 1. The Morgan fingerprint density at radius 2 is 1.88 bits per heavy atom. The maximum atomic E-state index is 13.9. The molecule has 2 N–H and O–H groups in total. The van der Waals surface area contributed by atoms with Crippen LogP contribution in [0.2, 0.25) is 0 Å². The van der Waals surface area contributed by atoms with Gasteiger partial charge in [0.1, 0.15) is 17.2 Å². The summed E-state index contributed by atoms with van der Waals surface area (Å²) in [5.41, 5.74) is 6.22. The van der Waals surface area contributed by atoms with E-state index < -0.39 is 27.8 Å². The molecule has 2 amide bonds. The van der Waals surface area contributed by atoms with Crippen molar-refractivity contribution >= 4 is 27.5 Å². The summed E-state index contributed by atoms with van der Waals surface area (Å²) in [6.45, 7) is 5.01. The molecule has 10 nitrogen and oxygen atoms in total. The van der Waals surface area contributed by atoms with Crippen molar-refractivity contribution in [1.82, 2.24) is 5.16 Å². The number of amides is 2. The number of carbonyl (C=O) groups is 2. The van der Waals surface area contributed by atoms with Gasteiger partial charge in [-0.25, -0.2) is 12.7 Å². The molecule has 0 spiro atoms. The number of ether oxygens (including phenoxy) is 2. The van der Waals surface area contributed by atoms with Gasteiger partial charge in [-0.05, 0) is 39.0 Å². The third-order valence-corrected chi connectivity index (χ3v) is 7.56. The van der Waals surface area contributed by atoms with Gasteiger partial charge in [-0.3, -0.25) is 9.59 Å². The van der Waals surface area contributed by atoms with E-state index in [-0.39, 0.29) is 38.9 Å². The van der Waals surface area contributed by atoms with E-state index >= 15 is 0 Å². The summed E-state index contributed by atoms with van der Waals surface area (Å²) in [4.78, 5) is 26.2. The summed E-state index contributed by atoms with van der Waals surface area (Å²) in [6, 6.07) is 9.56. The van der Waals surface area contributed by atoms with Crippen LogP contribution in [0.3, 0.4) is 0 Å². The molecule has 1 aromatic heterocycles. The number of fused-ring (bicyclic) bond motifs is 1. The highest BCUT2D eigenvalue weighted by atomic mass is 32.2. The van der Waals surface area contributed by atoms with E-state index in [0.29, 0.717) is 22.2 Å². The molecule has 11 heteroatoms. The van der Waals surface area contributed by atoms with E-state index in [1.54, 1.807) is 31.2 Å². The number of nitrogens with zero attached hydrogens (tertiary/aromatic N) is 2. The maximum absolute atomic E-state index is 13.9. The second kappa shape index (κ2) is 8.49. The highest BCUT2D eigenvalue weighted by Gasteiger charge is 2.49. The molecule has 1 unspecified atom stereocenters. The molecular formula is C23H23N3O7S. The summed E-state index contributed by atoms with van der Waals surface area (Å²) in [6.07, 6.45) is 0. The van der Waals surface area contributed by atoms with Crippen LogP contribution in [0.25, 0.3) is 0 Å². The van der Waals surface area contributed by atoms with E-state index in [2.05, 4.69) is 5.16 Å². The molecule has 0 saturated carbocycles. The third kappa shape index (κ3) is 3.39. The van der Waals surface area contributed by atoms with E-state index in [1.807, 2.05) is 0 Å². The predicted octanol–water partition coefficient (Wildman–Crippen LogP) is 2.67. The smallest absolute Gasteiger partial charge is 0.276 e. The quantitative estimate of drug-likeness (QED) is 0.538. The molecule has 34 heavy (non-hydrogen) atoms. The predicted molar refractivity (Wildman–Crippen MR) is 122 cm³/mol. The fourth-order valence-corrected chi connectivity index (χ4v) is 6.07. The fraction of sp³-hybridized carbons (Fsp3) is 0.261. The van der Waals surface area contributed by atoms with Gasteiger partial charge in [-0.15, -0.1) is 0 Å². The number of aryl methyl sites for hydroxylation is 2. The minimum atomic E-state index is -4.45. The van der Waals surface area contributed by atoms with Crippen LogP contribution in [0, 0.1) is 13.8 Å². The van der Waals surface area contributed by atoms with Crippen LogP contribution < -0.4 is 19.5 Å². The summed E-state index contributed by atoms with van der Waals surface area (Å²) >= 11 is 0. The molecule has 1 aliphatic heterocycles. The van der Waals surface area contributed by atoms with Crippen molar-refractivity contribution in [3.63, 3.8) is 0 Å². The lowest BCUT2D eigenvalue weighted by atomic mass is 9.88. The number of hydrogen-bond acceptors (Lipinski definition) is 8. The number of hydrogen-bond donors (Lipinski definition) is 1. The molecule has 178 valence electrons. The van der Waals surface area contributed by atoms with Crippen LogP contribution in [-0.2, 0) is 14.8 Å². The largest absolute Gasteiger partial charge is 0.496 e. The first-order valence-electron chi connectivity index (χ1n) is 10.4. The molecule has 1 atom stereocenters. The van der Waals surface area contributed by atoms with E-state index in [0.717, 1.165) is 0 Å². The van der Waals surface area contributed by atoms with Crippen molar-refractivity contribution in [3.05, 3.63) is 64.5 Å². The number of rotatable bonds is 7. The van der Waals surface area contributed by atoms with Gasteiger partial charge in [0.05, 0.1) is 30.9 Å². The van der Waals surface area contributed by atoms with Gasteiger partial charge >= 0.3 is 0 Å². The van der Waals surface area contributed by atoms with E-state index in [4.69, 9.17) is 19.7 Å². The van der Waals surface area contributed by atoms with Crippen molar-refractivity contribution in [2.75, 3.05) is 18.0 Å².